The Morgan fingerprint density at radius 1 is 1.22 bits per heavy atom. The fraction of sp³-hybridized carbons (Fsp3) is 0.737. The summed E-state index contributed by atoms with van der Waals surface area (Å²) in [4.78, 5) is 30.1. The number of hydrogen-bond donors (Lipinski definition) is 1. The van der Waals surface area contributed by atoms with E-state index < -0.39 is 6.10 Å². The number of aromatic nitrogens is 2. The van der Waals surface area contributed by atoms with Crippen LogP contribution in [0.1, 0.15) is 49.6 Å². The van der Waals surface area contributed by atoms with Gasteiger partial charge in [0, 0.05) is 27.1 Å². The molecule has 2 aliphatic rings. The van der Waals surface area contributed by atoms with Gasteiger partial charge in [-0.1, -0.05) is 0 Å². The predicted molar refractivity (Wildman–Crippen MR) is 101 cm³/mol. The van der Waals surface area contributed by atoms with Crippen LogP contribution in [0.4, 0.5) is 0 Å². The van der Waals surface area contributed by atoms with Crippen molar-refractivity contribution in [1.82, 2.24) is 24.5 Å². The molecule has 0 aliphatic carbocycles. The second kappa shape index (κ2) is 8.84. The first-order chi connectivity index (χ1) is 12.9. The van der Waals surface area contributed by atoms with Crippen molar-refractivity contribution in [3.63, 3.8) is 0 Å². The summed E-state index contributed by atoms with van der Waals surface area (Å²) in [6, 6.07) is 1.82. The highest BCUT2D eigenvalue weighted by molar-refractivity contribution is 5.76. The summed E-state index contributed by atoms with van der Waals surface area (Å²) in [5.74, 6) is 0.0507. The van der Waals surface area contributed by atoms with Crippen molar-refractivity contribution in [2.45, 2.75) is 51.3 Å². The Bertz CT molecular complexity index is 666. The molecule has 27 heavy (non-hydrogen) atoms. The molecule has 0 radical (unpaired) electrons. The first-order valence-corrected chi connectivity index (χ1v) is 9.89. The van der Waals surface area contributed by atoms with Crippen LogP contribution in [0.3, 0.4) is 0 Å². The van der Waals surface area contributed by atoms with Gasteiger partial charge in [-0.3, -0.25) is 14.3 Å². The summed E-state index contributed by atoms with van der Waals surface area (Å²) < 4.78 is 1.84. The van der Waals surface area contributed by atoms with Crippen molar-refractivity contribution in [3.05, 3.63) is 17.5 Å². The average Bonchev–Trinajstić information content (AvgIpc) is 3.30. The molecule has 1 aromatic rings. The molecule has 0 saturated carbocycles. The minimum Gasteiger partial charge on any atom is -0.386 e. The van der Waals surface area contributed by atoms with Crippen LogP contribution >= 0.6 is 0 Å². The lowest BCUT2D eigenvalue weighted by Gasteiger charge is -2.28. The van der Waals surface area contributed by atoms with E-state index in [2.05, 4.69) is 10.00 Å². The number of rotatable bonds is 7. The number of aliphatic hydroxyl groups excluding tert-OH is 1. The number of fused-ring (bicyclic) bond motifs is 1. The molecule has 1 saturated heterocycles. The normalized spacial score (nSPS) is 18.4. The van der Waals surface area contributed by atoms with Crippen LogP contribution in [0.25, 0.3) is 0 Å². The second-order valence-corrected chi connectivity index (χ2v) is 7.76. The van der Waals surface area contributed by atoms with Gasteiger partial charge in [0.05, 0.1) is 30.9 Å². The molecule has 1 N–H and O–H groups in total. The zero-order valence-corrected chi connectivity index (χ0v) is 16.4. The second-order valence-electron chi connectivity index (χ2n) is 7.76. The quantitative estimate of drug-likeness (QED) is 0.753. The molecule has 3 rings (SSSR count). The van der Waals surface area contributed by atoms with Gasteiger partial charge in [-0.15, -0.1) is 0 Å². The minimum atomic E-state index is -0.914. The minimum absolute atomic E-state index is 0.0165. The molecule has 2 amide bonds. The summed E-state index contributed by atoms with van der Waals surface area (Å²) >= 11 is 0. The molecule has 1 aromatic heterocycles. The Balaban J connectivity index is 1.50. The maximum absolute atomic E-state index is 12.5. The Morgan fingerprint density at radius 2 is 1.96 bits per heavy atom. The van der Waals surface area contributed by atoms with Crippen LogP contribution in [0, 0.1) is 0 Å². The fourth-order valence-corrected chi connectivity index (χ4v) is 3.74. The van der Waals surface area contributed by atoms with Crippen molar-refractivity contribution in [3.8, 4) is 0 Å². The van der Waals surface area contributed by atoms with Crippen molar-refractivity contribution >= 4 is 11.8 Å². The van der Waals surface area contributed by atoms with Gasteiger partial charge < -0.3 is 19.8 Å². The van der Waals surface area contributed by atoms with Gasteiger partial charge in [0.2, 0.25) is 11.8 Å². The average molecular weight is 377 g/mol. The van der Waals surface area contributed by atoms with Crippen LogP contribution in [0.2, 0.25) is 0 Å². The number of carbonyl (C=O) groups is 2. The molecule has 1 atom stereocenters. The van der Waals surface area contributed by atoms with Crippen LogP contribution < -0.4 is 0 Å². The molecule has 0 spiro atoms. The zero-order chi connectivity index (χ0) is 19.4. The molecular weight excluding hydrogens is 346 g/mol. The molecule has 8 nitrogen and oxygen atoms in total. The summed E-state index contributed by atoms with van der Waals surface area (Å²) in [7, 11) is 3.33. The van der Waals surface area contributed by atoms with E-state index in [0.717, 1.165) is 18.7 Å². The topological polar surface area (TPSA) is 81.9 Å². The third-order valence-corrected chi connectivity index (χ3v) is 5.44. The van der Waals surface area contributed by atoms with E-state index in [-0.39, 0.29) is 18.2 Å². The molecule has 8 heteroatoms. The van der Waals surface area contributed by atoms with Crippen LogP contribution in [0.5, 0.6) is 0 Å². The summed E-state index contributed by atoms with van der Waals surface area (Å²) in [5, 5.41) is 14.7. The highest BCUT2D eigenvalue weighted by Gasteiger charge is 2.25. The number of hydrogen-bond acceptors (Lipinski definition) is 5. The summed E-state index contributed by atoms with van der Waals surface area (Å²) in [5.41, 5.74) is 1.42. The first-order valence-electron chi connectivity index (χ1n) is 9.89. The third-order valence-electron chi connectivity index (χ3n) is 5.44. The largest absolute Gasteiger partial charge is 0.386 e. The Morgan fingerprint density at radius 3 is 2.67 bits per heavy atom. The standard InChI is InChI=1S/C19H31N5O3/c1-21(2)19(27)13-17(25)16-12-15-14-23(10-11-24(15)20-16)18(26)6-5-9-22-7-3-4-8-22/h12,17,25H,3-11,13-14H2,1-2H3/t17-/m0/s1. The van der Waals surface area contributed by atoms with E-state index >= 15 is 0 Å². The number of aliphatic hydroxyl groups is 1. The maximum Gasteiger partial charge on any atom is 0.225 e. The number of likely N-dealkylation sites (tertiary alicyclic amines) is 1. The Hall–Kier alpha value is -1.93. The van der Waals surface area contributed by atoms with Crippen molar-refractivity contribution in [2.75, 3.05) is 40.3 Å². The SMILES string of the molecule is CN(C)C(=O)C[C@H](O)c1cc2n(n1)CCN(C(=O)CCCN1CCCC1)C2. The van der Waals surface area contributed by atoms with Gasteiger partial charge in [0.25, 0.3) is 0 Å². The third kappa shape index (κ3) is 5.07. The van der Waals surface area contributed by atoms with E-state index in [1.165, 1.54) is 30.8 Å². The van der Waals surface area contributed by atoms with Gasteiger partial charge >= 0.3 is 0 Å². The lowest BCUT2D eigenvalue weighted by atomic mass is 10.1. The molecule has 0 aromatic carbocycles. The van der Waals surface area contributed by atoms with E-state index in [4.69, 9.17) is 0 Å². The van der Waals surface area contributed by atoms with Crippen LogP contribution in [-0.4, -0.2) is 81.7 Å². The number of carbonyl (C=O) groups excluding carboxylic acids is 2. The molecule has 150 valence electrons. The highest BCUT2D eigenvalue weighted by atomic mass is 16.3. The zero-order valence-electron chi connectivity index (χ0n) is 16.4. The van der Waals surface area contributed by atoms with Gasteiger partial charge in [0.1, 0.15) is 6.10 Å². The van der Waals surface area contributed by atoms with Gasteiger partial charge in [-0.05, 0) is 45.0 Å². The molecule has 0 unspecified atom stereocenters. The molecule has 1 fully saturated rings. The van der Waals surface area contributed by atoms with Gasteiger partial charge in [-0.2, -0.15) is 5.10 Å². The molecule has 0 bridgehead atoms. The van der Waals surface area contributed by atoms with Crippen LogP contribution in [0.15, 0.2) is 6.07 Å². The van der Waals surface area contributed by atoms with E-state index in [1.807, 2.05) is 15.6 Å². The van der Waals surface area contributed by atoms with E-state index in [9.17, 15) is 14.7 Å². The highest BCUT2D eigenvalue weighted by Crippen LogP contribution is 2.21. The monoisotopic (exact) mass is 377 g/mol. The summed E-state index contributed by atoms with van der Waals surface area (Å²) in [6.45, 7) is 5.12. The maximum atomic E-state index is 12.5. The molecular formula is C19H31N5O3. The lowest BCUT2D eigenvalue weighted by Crippen LogP contribution is -2.38. The predicted octanol–water partition coefficient (Wildman–Crippen LogP) is 0.613. The number of amides is 2. The van der Waals surface area contributed by atoms with Gasteiger partial charge in [0.15, 0.2) is 0 Å². The van der Waals surface area contributed by atoms with Crippen molar-refractivity contribution in [1.29, 1.82) is 0 Å². The molecule has 3 heterocycles. The Labute approximate surface area is 160 Å². The van der Waals surface area contributed by atoms with Crippen molar-refractivity contribution in [2.24, 2.45) is 0 Å². The van der Waals surface area contributed by atoms with Gasteiger partial charge in [-0.25, -0.2) is 0 Å². The summed E-state index contributed by atoms with van der Waals surface area (Å²) in [6.07, 6.45) is 3.14. The van der Waals surface area contributed by atoms with E-state index in [0.29, 0.717) is 31.7 Å². The van der Waals surface area contributed by atoms with Crippen LogP contribution in [-0.2, 0) is 22.7 Å². The first kappa shape index (κ1) is 19.8. The molecule has 2 aliphatic heterocycles. The smallest absolute Gasteiger partial charge is 0.225 e. The lowest BCUT2D eigenvalue weighted by molar-refractivity contribution is -0.133. The van der Waals surface area contributed by atoms with E-state index in [1.54, 1.807) is 14.1 Å². The van der Waals surface area contributed by atoms with Crippen molar-refractivity contribution < 1.29 is 14.7 Å². The Kier molecular flexibility index (Phi) is 6.49. The fourth-order valence-electron chi connectivity index (χ4n) is 3.74. The number of nitrogens with zero attached hydrogens (tertiary/aromatic N) is 5.